The zero-order chi connectivity index (χ0) is 50.7. The summed E-state index contributed by atoms with van der Waals surface area (Å²) in [5.74, 6) is 0. The summed E-state index contributed by atoms with van der Waals surface area (Å²) in [6, 6.07) is 73.7. The Bertz CT molecular complexity index is 3090. The summed E-state index contributed by atoms with van der Waals surface area (Å²) in [7, 11) is 19.1. The molecule has 0 spiro atoms. The van der Waals surface area contributed by atoms with Crippen LogP contribution in [0.2, 0.25) is 0 Å². The number of aliphatic imine (C=N–C) groups is 4. The second-order valence-corrected chi connectivity index (χ2v) is 20.0. The Morgan fingerprint density at radius 2 is 0.583 bits per heavy atom. The van der Waals surface area contributed by atoms with Gasteiger partial charge < -0.3 is 0 Å². The summed E-state index contributed by atoms with van der Waals surface area (Å²) < 4.78 is 0. The van der Waals surface area contributed by atoms with Gasteiger partial charge in [0, 0.05) is 22.3 Å². The van der Waals surface area contributed by atoms with E-state index in [9.17, 15) is 0 Å². The predicted octanol–water partition coefficient (Wildman–Crippen LogP) is 17.1. The van der Waals surface area contributed by atoms with Gasteiger partial charge in [0.1, 0.15) is 0 Å². The van der Waals surface area contributed by atoms with Crippen molar-refractivity contribution < 1.29 is 26.3 Å². The molecule has 0 aliphatic heterocycles. The van der Waals surface area contributed by atoms with E-state index >= 15 is 0 Å². The Hall–Kier alpha value is -6.28. The van der Waals surface area contributed by atoms with Gasteiger partial charge in [-0.2, -0.15) is 0 Å². The first-order valence-corrected chi connectivity index (χ1v) is 28.7. The molecule has 0 amide bonds. The molecule has 6 nitrogen and oxygen atoms in total. The fourth-order valence-electron chi connectivity index (χ4n) is 7.64. The second kappa shape index (κ2) is 27.5. The molecule has 0 fully saturated rings. The van der Waals surface area contributed by atoms with Gasteiger partial charge in [-0.15, -0.1) is 0 Å². The molecule has 362 valence electrons. The van der Waals surface area contributed by atoms with Gasteiger partial charge in [0.05, 0.1) is 68.4 Å². The van der Waals surface area contributed by atoms with Crippen LogP contribution in [0.3, 0.4) is 0 Å². The van der Waals surface area contributed by atoms with Crippen molar-refractivity contribution in [2.75, 3.05) is 0 Å². The topological polar surface area (TPSA) is 75.2 Å². The molecule has 0 unspecified atom stereocenters. The zero-order valence-corrected chi connectivity index (χ0v) is 44.9. The van der Waals surface area contributed by atoms with E-state index in [0.717, 1.165) is 113 Å². The molecular formula is C60H48Cl4Fe2N6. The van der Waals surface area contributed by atoms with Crippen LogP contribution in [0.4, 0.5) is 22.7 Å². The van der Waals surface area contributed by atoms with Crippen LogP contribution >= 0.6 is 40.4 Å². The van der Waals surface area contributed by atoms with Crippen molar-refractivity contribution in [1.82, 2.24) is 9.97 Å². The molecule has 0 atom stereocenters. The average molecular weight is 1110 g/mol. The molecule has 2 heterocycles. The molecule has 12 heteroatoms. The van der Waals surface area contributed by atoms with Crippen LogP contribution < -0.4 is 0 Å². The molecule has 9 aromatic rings. The first-order chi connectivity index (χ1) is 35.2. The fourth-order valence-corrected chi connectivity index (χ4v) is 7.64. The SMILES string of the molecule is Cc1ccc(C)c(N=C(c2ccccc2)c2cccc(C(=Nc3ccc(N=C(c4ccccc4)c4cccc(C(=Nc5cc(C)ccc5C)c5ccccc5)n4)cc3)c3ccccc3)n2)c1.[Cl][Fe][Cl].[Cl][Fe][Cl]. The van der Waals surface area contributed by atoms with Gasteiger partial charge in [-0.1, -0.05) is 158 Å². The van der Waals surface area contributed by atoms with Gasteiger partial charge in [-0.25, -0.2) is 29.9 Å². The van der Waals surface area contributed by atoms with E-state index in [4.69, 9.17) is 70.3 Å². The Morgan fingerprint density at radius 1 is 0.319 bits per heavy atom. The summed E-state index contributed by atoms with van der Waals surface area (Å²) in [6.45, 7) is 8.35. The number of hydrogen-bond donors (Lipinski definition) is 0. The predicted molar refractivity (Wildman–Crippen MR) is 297 cm³/mol. The molecule has 0 aliphatic rings. The minimum atomic E-state index is 0.194. The Balaban J connectivity index is 0.00000121. The Morgan fingerprint density at radius 3 is 0.861 bits per heavy atom. The van der Waals surface area contributed by atoms with E-state index in [1.807, 2.05) is 133 Å². The maximum absolute atomic E-state index is 5.27. The Kier molecular flexibility index (Phi) is 20.5. The standard InChI is InChI=1S/C60H48N6.4ClH.2Fe/c1-41-31-33-43(3)55(39-41)65-59(47-23-13-7-14-24-47)53-29-17-27-51(63-53)57(45-19-9-5-10-20-45)61-49-35-37-50(38-36-49)62-58(46-21-11-6-12-22-46)52-28-18-30-54(64-52)60(48-25-15-8-16-26-48)66-56-40-42(2)32-34-44(56)4;;;;;;/h5-40H,1-4H3;4*1H;;/q;;;;;2*+2/p-4. The van der Waals surface area contributed by atoms with Crippen LogP contribution in [0, 0.1) is 27.7 Å². The first-order valence-electron chi connectivity index (χ1n) is 22.6. The molecule has 0 saturated carbocycles. The molecule has 9 rings (SSSR count). The van der Waals surface area contributed by atoms with E-state index in [1.165, 1.54) is 0 Å². The third-order valence-corrected chi connectivity index (χ3v) is 11.2. The van der Waals surface area contributed by atoms with E-state index < -0.39 is 0 Å². The quantitative estimate of drug-likeness (QED) is 0.0903. The first kappa shape index (κ1) is 53.5. The number of aryl methyl sites for hydroxylation is 4. The van der Waals surface area contributed by atoms with Gasteiger partial charge in [0.2, 0.25) is 0 Å². The van der Waals surface area contributed by atoms with Crippen LogP contribution in [0.5, 0.6) is 0 Å². The van der Waals surface area contributed by atoms with Gasteiger partial charge >= 0.3 is 66.7 Å². The number of rotatable bonds is 12. The van der Waals surface area contributed by atoms with Crippen molar-refractivity contribution in [3.8, 4) is 0 Å². The monoisotopic (exact) mass is 1100 g/mol. The third kappa shape index (κ3) is 14.9. The van der Waals surface area contributed by atoms with E-state index in [0.29, 0.717) is 0 Å². The second-order valence-electron chi connectivity index (χ2n) is 16.3. The molecule has 0 radical (unpaired) electrons. The summed E-state index contributed by atoms with van der Waals surface area (Å²) >= 11 is 0.389. The number of halogens is 4. The molecule has 72 heavy (non-hydrogen) atoms. The number of nitrogens with zero attached hydrogens (tertiary/aromatic N) is 6. The van der Waals surface area contributed by atoms with Crippen LogP contribution in [-0.4, -0.2) is 32.8 Å². The van der Waals surface area contributed by atoms with Crippen molar-refractivity contribution in [3.63, 3.8) is 0 Å². The Labute approximate surface area is 452 Å². The van der Waals surface area contributed by atoms with Crippen molar-refractivity contribution in [3.05, 3.63) is 286 Å². The van der Waals surface area contributed by atoms with Crippen LogP contribution in [-0.2, 0) is 26.3 Å². The molecule has 0 bridgehead atoms. The van der Waals surface area contributed by atoms with Gasteiger partial charge in [0.15, 0.2) is 0 Å². The average Bonchev–Trinajstić information content (AvgIpc) is 3.42. The molecule has 0 aliphatic carbocycles. The van der Waals surface area contributed by atoms with E-state index in [1.54, 1.807) is 0 Å². The van der Waals surface area contributed by atoms with Crippen LogP contribution in [0.25, 0.3) is 0 Å². The van der Waals surface area contributed by atoms with Crippen molar-refractivity contribution in [2.45, 2.75) is 27.7 Å². The molecule has 7 aromatic carbocycles. The maximum atomic E-state index is 5.27. The van der Waals surface area contributed by atoms with Crippen molar-refractivity contribution in [2.24, 2.45) is 20.0 Å². The van der Waals surface area contributed by atoms with Crippen molar-refractivity contribution >= 4 is 86.0 Å². The summed E-state index contributed by atoms with van der Waals surface area (Å²) in [4.78, 5) is 31.5. The van der Waals surface area contributed by atoms with Gasteiger partial charge in [-0.3, -0.25) is 0 Å². The summed E-state index contributed by atoms with van der Waals surface area (Å²) in [5, 5.41) is 0. The number of benzene rings is 7. The summed E-state index contributed by atoms with van der Waals surface area (Å²) in [6.07, 6.45) is 0. The van der Waals surface area contributed by atoms with Crippen LogP contribution in [0.15, 0.2) is 238 Å². The molecule has 0 saturated heterocycles. The van der Waals surface area contributed by atoms with Gasteiger partial charge in [-0.05, 0) is 111 Å². The zero-order valence-electron chi connectivity index (χ0n) is 39.7. The summed E-state index contributed by atoms with van der Waals surface area (Å²) in [5.41, 5.74) is 17.8. The molecule has 0 N–H and O–H groups in total. The van der Waals surface area contributed by atoms with Crippen LogP contribution in [0.1, 0.15) is 67.3 Å². The molecular weight excluding hydrogens is 1060 g/mol. The fraction of sp³-hybridized carbons (Fsp3) is 0.0667. The number of pyridine rings is 2. The normalized spacial score (nSPS) is 11.9. The van der Waals surface area contributed by atoms with E-state index in [-0.39, 0.29) is 26.3 Å². The third-order valence-electron chi connectivity index (χ3n) is 11.2. The van der Waals surface area contributed by atoms with Crippen molar-refractivity contribution in [1.29, 1.82) is 0 Å². The van der Waals surface area contributed by atoms with E-state index in [2.05, 4.69) is 113 Å². The van der Waals surface area contributed by atoms with Gasteiger partial charge in [0.25, 0.3) is 0 Å². The minimum absolute atomic E-state index is 0.194. The number of aromatic nitrogens is 2. The number of hydrogen-bond acceptors (Lipinski definition) is 6. The molecule has 2 aromatic heterocycles.